The van der Waals surface area contributed by atoms with Crippen molar-refractivity contribution in [1.82, 2.24) is 0 Å². The van der Waals surface area contributed by atoms with Gasteiger partial charge in [0.15, 0.2) is 5.78 Å². The lowest BCUT2D eigenvalue weighted by Gasteiger charge is -2.15. The molecule has 0 radical (unpaired) electrons. The lowest BCUT2D eigenvalue weighted by Crippen LogP contribution is -2.12. The summed E-state index contributed by atoms with van der Waals surface area (Å²) in [6, 6.07) is 19.8. The van der Waals surface area contributed by atoms with E-state index >= 15 is 0 Å². The van der Waals surface area contributed by atoms with Crippen molar-refractivity contribution >= 4 is 5.78 Å². The second kappa shape index (κ2) is 6.85. The molecule has 2 aromatic rings. The molecule has 0 fully saturated rings. The van der Waals surface area contributed by atoms with E-state index < -0.39 is 0 Å². The molecule has 1 heteroatoms. The zero-order valence-corrected chi connectivity index (χ0v) is 12.5. The first-order valence-electron chi connectivity index (χ1n) is 7.07. The highest BCUT2D eigenvalue weighted by molar-refractivity contribution is 5.98. The van der Waals surface area contributed by atoms with Crippen LogP contribution in [0.3, 0.4) is 0 Å². The highest BCUT2D eigenvalue weighted by atomic mass is 16.1. The average Bonchev–Trinajstić information content (AvgIpc) is 2.49. The van der Waals surface area contributed by atoms with Crippen LogP contribution in [0.2, 0.25) is 0 Å². The fourth-order valence-corrected chi connectivity index (χ4v) is 2.23. The Balaban J connectivity index is 2.45. The van der Waals surface area contributed by atoms with Gasteiger partial charge in [-0.2, -0.15) is 0 Å². The first-order valence-corrected chi connectivity index (χ1v) is 7.07. The van der Waals surface area contributed by atoms with E-state index in [0.29, 0.717) is 0 Å². The minimum atomic E-state index is -0.262. The molecule has 0 saturated heterocycles. The summed E-state index contributed by atoms with van der Waals surface area (Å²) in [5.41, 5.74) is 3.87. The normalized spacial score (nSPS) is 11.5. The van der Waals surface area contributed by atoms with Crippen LogP contribution in [0.4, 0.5) is 0 Å². The monoisotopic (exact) mass is 276 g/mol. The highest BCUT2D eigenvalue weighted by Gasteiger charge is 2.20. The van der Waals surface area contributed by atoms with Crippen LogP contribution >= 0.6 is 0 Å². The molecule has 0 atom stereocenters. The molecule has 2 rings (SSSR count). The van der Waals surface area contributed by atoms with Gasteiger partial charge in [-0.1, -0.05) is 72.8 Å². The fourth-order valence-electron chi connectivity index (χ4n) is 2.23. The van der Waals surface area contributed by atoms with Crippen molar-refractivity contribution < 1.29 is 4.79 Å². The Bertz CT molecular complexity index is 611. The van der Waals surface area contributed by atoms with Gasteiger partial charge in [0, 0.05) is 0 Å². The third-order valence-electron chi connectivity index (χ3n) is 3.58. The van der Waals surface area contributed by atoms with Crippen molar-refractivity contribution in [2.75, 3.05) is 0 Å². The van der Waals surface area contributed by atoms with Crippen molar-refractivity contribution in [3.63, 3.8) is 0 Å². The standard InChI is InChI=1S/C20H20O/c1-15(2)16(3)14-19(21)20(17-10-6-4-7-11-17)18-12-8-5-9-13-18/h4-14,20H,1H2,2-3H3/b16-14+. The van der Waals surface area contributed by atoms with E-state index in [4.69, 9.17) is 0 Å². The van der Waals surface area contributed by atoms with Crippen LogP contribution in [0.15, 0.2) is 84.5 Å². The van der Waals surface area contributed by atoms with E-state index in [0.717, 1.165) is 22.3 Å². The molecule has 0 aliphatic rings. The van der Waals surface area contributed by atoms with Crippen LogP contribution in [0.5, 0.6) is 0 Å². The molecule has 0 aliphatic carbocycles. The molecule has 0 unspecified atom stereocenters. The number of hydrogen-bond acceptors (Lipinski definition) is 1. The van der Waals surface area contributed by atoms with Crippen molar-refractivity contribution in [3.05, 3.63) is 95.6 Å². The molecule has 1 nitrogen and oxygen atoms in total. The number of carbonyl (C=O) groups excluding carboxylic acids is 1. The van der Waals surface area contributed by atoms with Gasteiger partial charge in [-0.25, -0.2) is 0 Å². The minimum Gasteiger partial charge on any atom is -0.294 e. The first-order chi connectivity index (χ1) is 10.1. The average molecular weight is 276 g/mol. The summed E-state index contributed by atoms with van der Waals surface area (Å²) in [5, 5.41) is 0. The Morgan fingerprint density at radius 2 is 1.33 bits per heavy atom. The Hall–Kier alpha value is -2.41. The smallest absolute Gasteiger partial charge is 0.167 e. The highest BCUT2D eigenvalue weighted by Crippen LogP contribution is 2.26. The molecule has 2 aromatic carbocycles. The Labute approximate surface area is 126 Å². The molecule has 0 bridgehead atoms. The largest absolute Gasteiger partial charge is 0.294 e. The zero-order valence-electron chi connectivity index (χ0n) is 12.5. The van der Waals surface area contributed by atoms with Crippen LogP contribution in [0.25, 0.3) is 0 Å². The summed E-state index contributed by atoms with van der Waals surface area (Å²) in [7, 11) is 0. The number of rotatable bonds is 5. The third-order valence-corrected chi connectivity index (χ3v) is 3.58. The van der Waals surface area contributed by atoms with Crippen molar-refractivity contribution in [3.8, 4) is 0 Å². The van der Waals surface area contributed by atoms with Crippen molar-refractivity contribution in [1.29, 1.82) is 0 Å². The van der Waals surface area contributed by atoms with Crippen LogP contribution < -0.4 is 0 Å². The van der Waals surface area contributed by atoms with E-state index in [-0.39, 0.29) is 11.7 Å². The van der Waals surface area contributed by atoms with Gasteiger partial charge in [-0.15, -0.1) is 0 Å². The van der Waals surface area contributed by atoms with Gasteiger partial charge in [0.2, 0.25) is 0 Å². The van der Waals surface area contributed by atoms with E-state index in [9.17, 15) is 4.79 Å². The molecule has 0 heterocycles. The Morgan fingerprint density at radius 3 is 1.71 bits per heavy atom. The summed E-state index contributed by atoms with van der Waals surface area (Å²) in [5.74, 6) is -0.172. The number of hydrogen-bond donors (Lipinski definition) is 0. The van der Waals surface area contributed by atoms with Crippen LogP contribution in [0.1, 0.15) is 30.9 Å². The van der Waals surface area contributed by atoms with E-state index in [2.05, 4.69) is 6.58 Å². The molecule has 0 N–H and O–H groups in total. The third kappa shape index (κ3) is 3.79. The van der Waals surface area contributed by atoms with E-state index in [1.165, 1.54) is 0 Å². The van der Waals surface area contributed by atoms with Crippen LogP contribution in [-0.4, -0.2) is 5.78 Å². The zero-order chi connectivity index (χ0) is 15.2. The van der Waals surface area contributed by atoms with E-state index in [1.54, 1.807) is 6.08 Å². The van der Waals surface area contributed by atoms with Crippen molar-refractivity contribution in [2.24, 2.45) is 0 Å². The summed E-state index contributed by atoms with van der Waals surface area (Å²) < 4.78 is 0. The molecule has 0 spiro atoms. The number of allylic oxidation sites excluding steroid dienone is 3. The quantitative estimate of drug-likeness (QED) is 0.560. The maximum Gasteiger partial charge on any atom is 0.167 e. The maximum absolute atomic E-state index is 12.7. The van der Waals surface area contributed by atoms with Gasteiger partial charge < -0.3 is 0 Å². The molecule has 0 amide bonds. The lowest BCUT2D eigenvalue weighted by atomic mass is 9.86. The fraction of sp³-hybridized carbons (Fsp3) is 0.150. The van der Waals surface area contributed by atoms with Gasteiger partial charge in [0.1, 0.15) is 0 Å². The van der Waals surface area contributed by atoms with Crippen molar-refractivity contribution in [2.45, 2.75) is 19.8 Å². The molecule has 0 saturated carbocycles. The maximum atomic E-state index is 12.7. The van der Waals surface area contributed by atoms with Gasteiger partial charge in [-0.05, 0) is 36.6 Å². The number of carbonyl (C=O) groups is 1. The topological polar surface area (TPSA) is 17.1 Å². The number of benzene rings is 2. The minimum absolute atomic E-state index is 0.0906. The SMILES string of the molecule is C=C(C)/C(C)=C/C(=O)C(c1ccccc1)c1ccccc1. The van der Waals surface area contributed by atoms with Gasteiger partial charge >= 0.3 is 0 Å². The molecule has 21 heavy (non-hydrogen) atoms. The predicted octanol–water partition coefficient (Wildman–Crippen LogP) is 4.91. The summed E-state index contributed by atoms with van der Waals surface area (Å²) in [6.45, 7) is 7.73. The van der Waals surface area contributed by atoms with Crippen LogP contribution in [0, 0.1) is 0 Å². The van der Waals surface area contributed by atoms with Gasteiger partial charge in [0.25, 0.3) is 0 Å². The molecule has 106 valence electrons. The Morgan fingerprint density at radius 1 is 0.905 bits per heavy atom. The Kier molecular flexibility index (Phi) is 4.89. The molecular formula is C20H20O. The van der Waals surface area contributed by atoms with Crippen LogP contribution in [-0.2, 0) is 4.79 Å². The van der Waals surface area contributed by atoms with E-state index in [1.807, 2.05) is 74.5 Å². The summed E-state index contributed by atoms with van der Waals surface area (Å²) in [4.78, 5) is 12.7. The van der Waals surface area contributed by atoms with Gasteiger partial charge in [-0.3, -0.25) is 4.79 Å². The second-order valence-electron chi connectivity index (χ2n) is 5.26. The lowest BCUT2D eigenvalue weighted by molar-refractivity contribution is -0.115. The molecule has 0 aromatic heterocycles. The molecular weight excluding hydrogens is 256 g/mol. The predicted molar refractivity (Wildman–Crippen MR) is 88.3 cm³/mol. The van der Waals surface area contributed by atoms with Gasteiger partial charge in [0.05, 0.1) is 5.92 Å². The summed E-state index contributed by atoms with van der Waals surface area (Å²) >= 11 is 0. The molecule has 0 aliphatic heterocycles. The number of ketones is 1. The first kappa shape index (κ1) is 15.0. The second-order valence-corrected chi connectivity index (χ2v) is 5.26. The summed E-state index contributed by atoms with van der Waals surface area (Å²) in [6.07, 6.45) is 1.70.